The van der Waals surface area contributed by atoms with Crippen molar-refractivity contribution in [2.45, 2.75) is 39.4 Å². The van der Waals surface area contributed by atoms with Crippen molar-refractivity contribution in [2.75, 3.05) is 11.9 Å². The molecule has 0 saturated heterocycles. The molecule has 4 nitrogen and oxygen atoms in total. The van der Waals surface area contributed by atoms with Gasteiger partial charge in [0, 0.05) is 25.7 Å². The second-order valence-electron chi connectivity index (χ2n) is 6.21. The molecule has 0 aliphatic rings. The highest BCUT2D eigenvalue weighted by molar-refractivity contribution is 5.29. The summed E-state index contributed by atoms with van der Waals surface area (Å²) < 4.78 is 18.6. The van der Waals surface area contributed by atoms with Crippen LogP contribution in [0.25, 0.3) is 0 Å². The fraction of sp³-hybridized carbons (Fsp3) is 0.438. The molecule has 0 aliphatic carbocycles. The number of nitrogens with one attached hydrogen (secondary N) is 1. The first-order valence-electron chi connectivity index (χ1n) is 6.98. The molecule has 0 amide bonds. The maximum absolute atomic E-state index is 13.2. The Morgan fingerprint density at radius 2 is 2.10 bits per heavy atom. The Balaban J connectivity index is 1.97. The van der Waals surface area contributed by atoms with E-state index in [1.165, 1.54) is 12.1 Å². The van der Waals surface area contributed by atoms with Crippen molar-refractivity contribution in [1.29, 1.82) is 0 Å². The number of oxazole rings is 1. The maximum Gasteiger partial charge on any atom is 0.297 e. The molecule has 2 aromatic rings. The molecule has 0 unspecified atom stereocenters. The minimum absolute atomic E-state index is 0.0343. The van der Waals surface area contributed by atoms with Crippen LogP contribution >= 0.6 is 0 Å². The first-order chi connectivity index (χ1) is 9.83. The Morgan fingerprint density at radius 1 is 1.33 bits per heavy atom. The third-order valence-corrected chi connectivity index (χ3v) is 2.97. The summed E-state index contributed by atoms with van der Waals surface area (Å²) in [7, 11) is 1.87. The number of aromatic nitrogens is 1. The largest absolute Gasteiger partial charge is 0.432 e. The van der Waals surface area contributed by atoms with Crippen molar-refractivity contribution in [3.63, 3.8) is 0 Å². The van der Waals surface area contributed by atoms with Gasteiger partial charge in [-0.15, -0.1) is 0 Å². The number of halogens is 1. The topological polar surface area (TPSA) is 41.3 Å². The molecule has 1 N–H and O–H groups in total. The lowest BCUT2D eigenvalue weighted by atomic mass is 10.1. The van der Waals surface area contributed by atoms with Gasteiger partial charge in [-0.3, -0.25) is 0 Å². The number of hydrogen-bond acceptors (Lipinski definition) is 4. The molecule has 0 fully saturated rings. The van der Waals surface area contributed by atoms with Gasteiger partial charge >= 0.3 is 0 Å². The van der Waals surface area contributed by atoms with E-state index in [0.29, 0.717) is 19.1 Å². The summed E-state index contributed by atoms with van der Waals surface area (Å²) in [6.07, 6.45) is 1.65. The molecule has 1 aromatic heterocycles. The first kappa shape index (κ1) is 15.5. The zero-order valence-electron chi connectivity index (χ0n) is 13.0. The van der Waals surface area contributed by atoms with E-state index in [-0.39, 0.29) is 11.4 Å². The molecule has 5 heteroatoms. The summed E-state index contributed by atoms with van der Waals surface area (Å²) in [4.78, 5) is 6.29. The molecule has 0 radical (unpaired) electrons. The zero-order chi connectivity index (χ0) is 15.5. The Bertz CT molecular complexity index is 589. The van der Waals surface area contributed by atoms with Crippen LogP contribution in [0.5, 0.6) is 0 Å². The van der Waals surface area contributed by atoms with Gasteiger partial charge in [-0.1, -0.05) is 12.1 Å². The molecule has 21 heavy (non-hydrogen) atoms. The van der Waals surface area contributed by atoms with Crippen LogP contribution in [0.4, 0.5) is 10.4 Å². The maximum atomic E-state index is 13.2. The lowest BCUT2D eigenvalue weighted by molar-refractivity contribution is 0.421. The standard InChI is InChI=1S/C16H22FN3O/c1-16(2,3)18-9-14-11-21-15(19-14)20(4)10-12-6-5-7-13(17)8-12/h5-8,11,18H,9-10H2,1-4H3. The van der Waals surface area contributed by atoms with Crippen molar-refractivity contribution >= 4 is 6.01 Å². The normalized spacial score (nSPS) is 11.7. The lowest BCUT2D eigenvalue weighted by Gasteiger charge is -2.19. The zero-order valence-corrected chi connectivity index (χ0v) is 13.0. The fourth-order valence-corrected chi connectivity index (χ4v) is 1.89. The minimum atomic E-state index is -0.233. The van der Waals surface area contributed by atoms with Gasteiger partial charge in [0.1, 0.15) is 12.1 Å². The third kappa shape index (κ3) is 4.86. The summed E-state index contributed by atoms with van der Waals surface area (Å²) in [6, 6.07) is 7.06. The van der Waals surface area contributed by atoms with Crippen LogP contribution in [-0.2, 0) is 13.1 Å². The van der Waals surface area contributed by atoms with Crippen molar-refractivity contribution in [3.05, 3.63) is 47.6 Å². The SMILES string of the molecule is CN(Cc1cccc(F)c1)c1nc(CNC(C)(C)C)co1. The molecule has 114 valence electrons. The average molecular weight is 291 g/mol. The molecule has 1 aromatic carbocycles. The Labute approximate surface area is 125 Å². The Morgan fingerprint density at radius 3 is 2.76 bits per heavy atom. The molecule has 0 atom stereocenters. The van der Waals surface area contributed by atoms with Crippen LogP contribution < -0.4 is 10.2 Å². The van der Waals surface area contributed by atoms with Gasteiger partial charge in [-0.25, -0.2) is 4.39 Å². The predicted molar refractivity (Wildman–Crippen MR) is 81.6 cm³/mol. The van der Waals surface area contributed by atoms with E-state index < -0.39 is 0 Å². The molecule has 1 heterocycles. The third-order valence-electron chi connectivity index (χ3n) is 2.97. The van der Waals surface area contributed by atoms with Gasteiger partial charge in [-0.05, 0) is 38.5 Å². The number of anilines is 1. The van der Waals surface area contributed by atoms with Gasteiger partial charge < -0.3 is 14.6 Å². The van der Waals surface area contributed by atoms with Crippen molar-refractivity contribution in [3.8, 4) is 0 Å². The van der Waals surface area contributed by atoms with Crippen LogP contribution in [0.3, 0.4) is 0 Å². The van der Waals surface area contributed by atoms with Crippen molar-refractivity contribution < 1.29 is 8.81 Å². The number of rotatable bonds is 5. The van der Waals surface area contributed by atoms with Gasteiger partial charge in [0.15, 0.2) is 0 Å². The van der Waals surface area contributed by atoms with Crippen LogP contribution in [0.15, 0.2) is 34.9 Å². The highest BCUT2D eigenvalue weighted by Gasteiger charge is 2.13. The van der Waals surface area contributed by atoms with E-state index in [9.17, 15) is 4.39 Å². The highest BCUT2D eigenvalue weighted by Crippen LogP contribution is 2.16. The smallest absolute Gasteiger partial charge is 0.297 e. The number of benzene rings is 1. The first-order valence-corrected chi connectivity index (χ1v) is 6.98. The van der Waals surface area contributed by atoms with Crippen molar-refractivity contribution in [2.24, 2.45) is 0 Å². The second-order valence-corrected chi connectivity index (χ2v) is 6.21. The van der Waals surface area contributed by atoms with Crippen LogP contribution in [0, 0.1) is 5.82 Å². The van der Waals surface area contributed by atoms with E-state index in [2.05, 4.69) is 31.1 Å². The van der Waals surface area contributed by atoms with Crippen LogP contribution in [-0.4, -0.2) is 17.6 Å². The van der Waals surface area contributed by atoms with E-state index in [1.807, 2.05) is 18.0 Å². The minimum Gasteiger partial charge on any atom is -0.432 e. The molecule has 0 bridgehead atoms. The summed E-state index contributed by atoms with van der Waals surface area (Å²) in [5.41, 5.74) is 1.77. The van der Waals surface area contributed by atoms with Crippen molar-refractivity contribution in [1.82, 2.24) is 10.3 Å². The molecule has 0 aliphatic heterocycles. The molecule has 0 saturated carbocycles. The summed E-state index contributed by atoms with van der Waals surface area (Å²) in [5, 5.41) is 3.36. The number of nitrogens with zero attached hydrogens (tertiary/aromatic N) is 2. The Hall–Kier alpha value is -1.88. The van der Waals surface area contributed by atoms with Crippen LogP contribution in [0.2, 0.25) is 0 Å². The molecular formula is C16H22FN3O. The van der Waals surface area contributed by atoms with Gasteiger partial charge in [0.25, 0.3) is 6.01 Å². The summed E-state index contributed by atoms with van der Waals surface area (Å²) in [5.74, 6) is -0.233. The van der Waals surface area contributed by atoms with E-state index >= 15 is 0 Å². The van der Waals surface area contributed by atoms with E-state index in [4.69, 9.17) is 4.42 Å². The fourth-order valence-electron chi connectivity index (χ4n) is 1.89. The van der Waals surface area contributed by atoms with E-state index in [0.717, 1.165) is 11.3 Å². The quantitative estimate of drug-likeness (QED) is 0.917. The van der Waals surface area contributed by atoms with Gasteiger partial charge in [-0.2, -0.15) is 4.98 Å². The lowest BCUT2D eigenvalue weighted by Crippen LogP contribution is -2.35. The molecule has 0 spiro atoms. The number of hydrogen-bond donors (Lipinski definition) is 1. The van der Waals surface area contributed by atoms with Gasteiger partial charge in [0.2, 0.25) is 0 Å². The summed E-state index contributed by atoms with van der Waals surface area (Å²) in [6.45, 7) is 7.50. The highest BCUT2D eigenvalue weighted by atomic mass is 19.1. The molecular weight excluding hydrogens is 269 g/mol. The van der Waals surface area contributed by atoms with Crippen LogP contribution in [0.1, 0.15) is 32.0 Å². The van der Waals surface area contributed by atoms with E-state index in [1.54, 1.807) is 12.3 Å². The summed E-state index contributed by atoms with van der Waals surface area (Å²) >= 11 is 0. The average Bonchev–Trinajstić information content (AvgIpc) is 2.84. The van der Waals surface area contributed by atoms with Gasteiger partial charge in [0.05, 0.1) is 5.69 Å². The monoisotopic (exact) mass is 291 g/mol. The predicted octanol–water partition coefficient (Wildman–Crippen LogP) is 3.34. The second kappa shape index (κ2) is 6.26. The Kier molecular flexibility index (Phi) is 4.63. The molecule has 2 rings (SSSR count).